The molecule has 1 fully saturated rings. The average molecular weight is 329 g/mol. The minimum atomic E-state index is -2.10. The van der Waals surface area contributed by atoms with Crippen LogP contribution in [0.15, 0.2) is 12.7 Å². The van der Waals surface area contributed by atoms with Crippen molar-refractivity contribution in [3.05, 3.63) is 12.7 Å². The molecule has 0 aromatic rings. The van der Waals surface area contributed by atoms with Crippen molar-refractivity contribution in [3.8, 4) is 0 Å². The summed E-state index contributed by atoms with van der Waals surface area (Å²) in [6.45, 7) is 8.44. The molecule has 0 radical (unpaired) electrons. The van der Waals surface area contributed by atoms with Gasteiger partial charge in [0.2, 0.25) is 0 Å². The summed E-state index contributed by atoms with van der Waals surface area (Å²) >= 11 is -2.10. The summed E-state index contributed by atoms with van der Waals surface area (Å²) in [4.78, 5) is 19.6. The molecule has 92 valence electrons. The zero-order chi connectivity index (χ0) is 12.6. The van der Waals surface area contributed by atoms with Gasteiger partial charge in [-0.1, -0.05) is 0 Å². The van der Waals surface area contributed by atoms with Gasteiger partial charge in [-0.3, -0.25) is 0 Å². The Balaban J connectivity index is 3.09. The number of Topliss-reactive ketones (excluding diaryl/α,β-unsaturated/α-hetero) is 1. The molecule has 0 aliphatic heterocycles. The number of rotatable bonds is 3. The Kier molecular flexibility index (Phi) is 4.31. The second-order valence-electron chi connectivity index (χ2n) is 6.72. The maximum atomic E-state index is 12.2. The summed E-state index contributed by atoms with van der Waals surface area (Å²) in [5.74, 6) is 1.33. The van der Waals surface area contributed by atoms with E-state index in [1.807, 2.05) is 6.08 Å². The Hall–Kier alpha value is 0.209. The molecule has 2 heteroatoms. The molecule has 0 bridgehead atoms. The molecule has 1 aliphatic rings. The Labute approximate surface area is 105 Å². The molecule has 1 nitrogen and oxygen atoms in total. The number of hydrogen-bond donors (Lipinski definition) is 0. The first kappa shape index (κ1) is 14.3. The second kappa shape index (κ2) is 4.83. The molecule has 0 unspecified atom stereocenters. The Morgan fingerprint density at radius 2 is 2.06 bits per heavy atom. The zero-order valence-corrected chi connectivity index (χ0v) is 14.3. The SMILES string of the molecule is C=CC[C@@H]1C(=O)C[C@H](C)C[C@@]1(C)[Sn]([CH3])([CH3])[CH3]. The molecule has 0 spiro atoms. The third kappa shape index (κ3) is 2.55. The van der Waals surface area contributed by atoms with Crippen LogP contribution >= 0.6 is 0 Å². The van der Waals surface area contributed by atoms with Crippen LogP contribution in [0.3, 0.4) is 0 Å². The van der Waals surface area contributed by atoms with Crippen LogP contribution in [-0.4, -0.2) is 24.2 Å². The quantitative estimate of drug-likeness (QED) is 0.558. The van der Waals surface area contributed by atoms with Gasteiger partial charge in [-0.15, -0.1) is 0 Å². The van der Waals surface area contributed by atoms with E-state index in [4.69, 9.17) is 0 Å². The monoisotopic (exact) mass is 330 g/mol. The van der Waals surface area contributed by atoms with Crippen LogP contribution in [0.2, 0.25) is 18.2 Å². The molecule has 0 aromatic carbocycles. The minimum absolute atomic E-state index is 0.261. The molecule has 1 aliphatic carbocycles. The van der Waals surface area contributed by atoms with Crippen molar-refractivity contribution in [2.45, 2.75) is 51.4 Å². The van der Waals surface area contributed by atoms with Gasteiger partial charge < -0.3 is 0 Å². The van der Waals surface area contributed by atoms with Crippen LogP contribution in [0.1, 0.15) is 33.1 Å². The fraction of sp³-hybridized carbons (Fsp3) is 0.786. The molecule has 3 atom stereocenters. The van der Waals surface area contributed by atoms with E-state index in [-0.39, 0.29) is 5.92 Å². The number of ketones is 1. The van der Waals surface area contributed by atoms with Gasteiger partial charge in [0.05, 0.1) is 0 Å². The van der Waals surface area contributed by atoms with E-state index in [0.717, 1.165) is 12.8 Å². The van der Waals surface area contributed by atoms with Gasteiger partial charge in [-0.25, -0.2) is 0 Å². The van der Waals surface area contributed by atoms with Gasteiger partial charge in [0.1, 0.15) is 0 Å². The fourth-order valence-electron chi connectivity index (χ4n) is 3.17. The van der Waals surface area contributed by atoms with Crippen molar-refractivity contribution in [2.75, 3.05) is 0 Å². The zero-order valence-electron chi connectivity index (χ0n) is 11.5. The first-order chi connectivity index (χ1) is 7.22. The second-order valence-corrected chi connectivity index (χ2v) is 22.8. The topological polar surface area (TPSA) is 17.1 Å². The van der Waals surface area contributed by atoms with E-state index in [1.54, 1.807) is 0 Å². The molecule has 0 amide bonds. The number of carbonyl (C=O) groups excluding carboxylic acids is 1. The van der Waals surface area contributed by atoms with Gasteiger partial charge in [-0.2, -0.15) is 0 Å². The molecule has 0 saturated heterocycles. The van der Waals surface area contributed by atoms with Crippen LogP contribution in [-0.2, 0) is 4.79 Å². The summed E-state index contributed by atoms with van der Waals surface area (Å²) in [5.41, 5.74) is 0. The standard InChI is InChI=1S/C11H17O.3CH3.Sn/c1-4-5-10-9(3)6-8(2)7-11(10)12;;;;/h4,8,10H,1,5-7H2,2-3H3;3*1H3;/t8-,10+;;;;/m1..../s1. The molecule has 1 rings (SSSR count). The van der Waals surface area contributed by atoms with Gasteiger partial charge in [0, 0.05) is 0 Å². The summed E-state index contributed by atoms with van der Waals surface area (Å²) in [5, 5.41) is 0. The van der Waals surface area contributed by atoms with E-state index >= 15 is 0 Å². The summed E-state index contributed by atoms with van der Waals surface area (Å²) in [6.07, 6.45) is 4.86. The Morgan fingerprint density at radius 1 is 1.50 bits per heavy atom. The van der Waals surface area contributed by atoms with Crippen LogP contribution in [0.25, 0.3) is 0 Å². The summed E-state index contributed by atoms with van der Waals surface area (Å²) < 4.78 is 0.317. The number of allylic oxidation sites excluding steroid dienone is 1. The van der Waals surface area contributed by atoms with E-state index in [2.05, 4.69) is 35.2 Å². The fourth-order valence-corrected chi connectivity index (χ4v) is 9.69. The van der Waals surface area contributed by atoms with Crippen molar-refractivity contribution in [1.29, 1.82) is 0 Å². The van der Waals surface area contributed by atoms with Crippen molar-refractivity contribution in [2.24, 2.45) is 11.8 Å². The van der Waals surface area contributed by atoms with Gasteiger partial charge in [0.25, 0.3) is 0 Å². The first-order valence-corrected chi connectivity index (χ1v) is 16.3. The van der Waals surface area contributed by atoms with E-state index in [9.17, 15) is 4.79 Å². The van der Waals surface area contributed by atoms with Crippen molar-refractivity contribution >= 4 is 24.2 Å². The predicted molar refractivity (Wildman–Crippen MR) is 73.4 cm³/mol. The van der Waals surface area contributed by atoms with Crippen molar-refractivity contribution in [3.63, 3.8) is 0 Å². The molecule has 0 N–H and O–H groups in total. The summed E-state index contributed by atoms with van der Waals surface area (Å²) in [6, 6.07) is 0. The first-order valence-electron chi connectivity index (χ1n) is 6.36. The maximum absolute atomic E-state index is 12.2. The van der Waals surface area contributed by atoms with Gasteiger partial charge >= 0.3 is 105 Å². The van der Waals surface area contributed by atoms with E-state index < -0.39 is 18.4 Å². The summed E-state index contributed by atoms with van der Waals surface area (Å²) in [7, 11) is 0. The average Bonchev–Trinajstić information content (AvgIpc) is 2.09. The van der Waals surface area contributed by atoms with Gasteiger partial charge in [0.15, 0.2) is 0 Å². The van der Waals surface area contributed by atoms with Crippen LogP contribution < -0.4 is 0 Å². The molecular weight excluding hydrogens is 303 g/mol. The van der Waals surface area contributed by atoms with Crippen molar-refractivity contribution in [1.82, 2.24) is 0 Å². The molecular formula is C14H26OSn. The molecule has 0 aromatic heterocycles. The third-order valence-electron chi connectivity index (χ3n) is 4.60. The van der Waals surface area contributed by atoms with Crippen LogP contribution in [0.4, 0.5) is 0 Å². The molecule has 16 heavy (non-hydrogen) atoms. The van der Waals surface area contributed by atoms with Crippen molar-refractivity contribution < 1.29 is 4.79 Å². The predicted octanol–water partition coefficient (Wildman–Crippen LogP) is 4.28. The molecule has 0 heterocycles. The van der Waals surface area contributed by atoms with E-state index in [1.165, 1.54) is 6.42 Å². The number of hydrogen-bond acceptors (Lipinski definition) is 1. The Morgan fingerprint density at radius 3 is 2.50 bits per heavy atom. The third-order valence-corrected chi connectivity index (χ3v) is 16.0. The normalized spacial score (nSPS) is 36.2. The molecule has 1 saturated carbocycles. The van der Waals surface area contributed by atoms with Crippen LogP contribution in [0, 0.1) is 11.8 Å². The van der Waals surface area contributed by atoms with Gasteiger partial charge in [-0.05, 0) is 0 Å². The Bertz CT molecular complexity index is 290. The van der Waals surface area contributed by atoms with Crippen LogP contribution in [0.5, 0.6) is 0 Å². The number of carbonyl (C=O) groups is 1. The van der Waals surface area contributed by atoms with E-state index in [0.29, 0.717) is 15.1 Å².